The van der Waals surface area contributed by atoms with Gasteiger partial charge in [-0.1, -0.05) is 26.0 Å². The molecular formula is C16H21NOS. The monoisotopic (exact) mass is 275 g/mol. The van der Waals surface area contributed by atoms with Gasteiger partial charge in [-0.2, -0.15) is 11.8 Å². The van der Waals surface area contributed by atoms with E-state index < -0.39 is 6.10 Å². The Bertz CT molecular complexity index is 553. The van der Waals surface area contributed by atoms with Crippen molar-refractivity contribution >= 4 is 22.7 Å². The fourth-order valence-corrected chi connectivity index (χ4v) is 2.99. The first-order valence-electron chi connectivity index (χ1n) is 6.69. The van der Waals surface area contributed by atoms with Gasteiger partial charge in [0.1, 0.15) is 0 Å². The van der Waals surface area contributed by atoms with E-state index in [1.165, 1.54) is 0 Å². The summed E-state index contributed by atoms with van der Waals surface area (Å²) in [5.41, 5.74) is 2.99. The molecule has 0 aliphatic heterocycles. The summed E-state index contributed by atoms with van der Waals surface area (Å²) in [6.07, 6.45) is -0.394. The van der Waals surface area contributed by atoms with Crippen LogP contribution in [0.1, 0.15) is 31.2 Å². The van der Waals surface area contributed by atoms with Gasteiger partial charge < -0.3 is 5.11 Å². The van der Waals surface area contributed by atoms with Gasteiger partial charge in [0.25, 0.3) is 0 Å². The summed E-state index contributed by atoms with van der Waals surface area (Å²) in [6.45, 7) is 6.39. The maximum Gasteiger partial charge on any atom is 0.0880 e. The van der Waals surface area contributed by atoms with E-state index in [2.05, 4.69) is 24.9 Å². The van der Waals surface area contributed by atoms with Crippen LogP contribution in [-0.4, -0.2) is 21.6 Å². The number of benzene rings is 1. The number of hydrogen-bond acceptors (Lipinski definition) is 3. The van der Waals surface area contributed by atoms with Crippen LogP contribution in [0.2, 0.25) is 0 Å². The smallest absolute Gasteiger partial charge is 0.0880 e. The highest BCUT2D eigenvalue weighted by molar-refractivity contribution is 7.99. The lowest BCUT2D eigenvalue weighted by atomic mass is 10.1. The van der Waals surface area contributed by atoms with E-state index in [1.807, 2.05) is 31.2 Å². The van der Waals surface area contributed by atoms with Gasteiger partial charge in [0.2, 0.25) is 0 Å². The van der Waals surface area contributed by atoms with Crippen LogP contribution in [0.15, 0.2) is 30.3 Å². The van der Waals surface area contributed by atoms with E-state index in [-0.39, 0.29) is 0 Å². The molecule has 0 saturated carbocycles. The summed E-state index contributed by atoms with van der Waals surface area (Å²) in [7, 11) is 0. The molecule has 0 aliphatic carbocycles. The minimum absolute atomic E-state index is 0.394. The van der Waals surface area contributed by atoms with E-state index in [0.717, 1.165) is 33.7 Å². The number of nitrogens with zero attached hydrogens (tertiary/aromatic N) is 1. The Morgan fingerprint density at radius 1 is 1.16 bits per heavy atom. The van der Waals surface area contributed by atoms with Crippen molar-refractivity contribution in [3.63, 3.8) is 0 Å². The number of thioether (sulfide) groups is 1. The quantitative estimate of drug-likeness (QED) is 0.896. The van der Waals surface area contributed by atoms with Crippen LogP contribution in [0.5, 0.6) is 0 Å². The van der Waals surface area contributed by atoms with Crippen LogP contribution >= 0.6 is 11.8 Å². The Labute approximate surface area is 119 Å². The molecule has 0 saturated heterocycles. The summed E-state index contributed by atoms with van der Waals surface area (Å²) >= 11 is 1.81. The van der Waals surface area contributed by atoms with Crippen molar-refractivity contribution in [2.45, 2.75) is 26.9 Å². The van der Waals surface area contributed by atoms with Gasteiger partial charge in [-0.3, -0.25) is 4.98 Å². The zero-order valence-corrected chi connectivity index (χ0v) is 12.6. The van der Waals surface area contributed by atoms with Crippen molar-refractivity contribution in [2.75, 3.05) is 11.5 Å². The van der Waals surface area contributed by atoms with Gasteiger partial charge in [0, 0.05) is 16.8 Å². The zero-order chi connectivity index (χ0) is 13.8. The van der Waals surface area contributed by atoms with Crippen molar-refractivity contribution < 1.29 is 5.11 Å². The van der Waals surface area contributed by atoms with Gasteiger partial charge in [0.15, 0.2) is 0 Å². The molecule has 0 spiro atoms. The Kier molecular flexibility index (Phi) is 4.83. The maximum atomic E-state index is 10.2. The molecule has 1 N–H and O–H groups in total. The van der Waals surface area contributed by atoms with Crippen LogP contribution in [-0.2, 0) is 0 Å². The largest absolute Gasteiger partial charge is 0.388 e. The Morgan fingerprint density at radius 2 is 1.95 bits per heavy atom. The second-order valence-corrected chi connectivity index (χ2v) is 6.43. The maximum absolute atomic E-state index is 10.2. The molecule has 0 amide bonds. The lowest BCUT2D eigenvalue weighted by molar-refractivity contribution is 0.204. The summed E-state index contributed by atoms with van der Waals surface area (Å²) in [5.74, 6) is 2.51. The van der Waals surface area contributed by atoms with Gasteiger partial charge in [-0.15, -0.1) is 0 Å². The van der Waals surface area contributed by atoms with Crippen molar-refractivity contribution in [1.29, 1.82) is 0 Å². The summed E-state index contributed by atoms with van der Waals surface area (Å²) in [5, 5.41) is 11.3. The molecule has 0 fully saturated rings. The molecule has 2 rings (SSSR count). The average Bonchev–Trinajstić information content (AvgIpc) is 2.37. The Morgan fingerprint density at radius 3 is 2.68 bits per heavy atom. The molecule has 1 heterocycles. The predicted octanol–water partition coefficient (Wildman–Crippen LogP) is 3.97. The van der Waals surface area contributed by atoms with Crippen LogP contribution in [0.25, 0.3) is 10.9 Å². The Hall–Kier alpha value is -1.06. The average molecular weight is 275 g/mol. The molecule has 1 unspecified atom stereocenters. The lowest BCUT2D eigenvalue weighted by Gasteiger charge is -2.12. The molecule has 102 valence electrons. The molecule has 0 bridgehead atoms. The molecule has 2 aromatic rings. The number of pyridine rings is 1. The molecule has 0 aliphatic rings. The topological polar surface area (TPSA) is 33.1 Å². The summed E-state index contributed by atoms with van der Waals surface area (Å²) in [6, 6.07) is 10.1. The van der Waals surface area contributed by atoms with E-state index in [9.17, 15) is 5.11 Å². The SMILES string of the molecule is Cc1ccc2cc(C(O)CSCC(C)C)ccc2n1. The summed E-state index contributed by atoms with van der Waals surface area (Å²) in [4.78, 5) is 4.47. The van der Waals surface area contributed by atoms with Crippen molar-refractivity contribution in [3.8, 4) is 0 Å². The Balaban J connectivity index is 2.09. The fraction of sp³-hybridized carbons (Fsp3) is 0.438. The van der Waals surface area contributed by atoms with E-state index >= 15 is 0 Å². The number of rotatable bonds is 5. The third kappa shape index (κ3) is 3.95. The second kappa shape index (κ2) is 6.40. The van der Waals surface area contributed by atoms with Gasteiger partial charge in [-0.05, 0) is 42.4 Å². The molecule has 1 atom stereocenters. The van der Waals surface area contributed by atoms with Crippen LogP contribution in [0, 0.1) is 12.8 Å². The first kappa shape index (κ1) is 14.4. The molecule has 3 heteroatoms. The molecule has 1 aromatic carbocycles. The summed E-state index contributed by atoms with van der Waals surface area (Å²) < 4.78 is 0. The third-order valence-corrected chi connectivity index (χ3v) is 4.42. The van der Waals surface area contributed by atoms with Crippen molar-refractivity contribution in [1.82, 2.24) is 4.98 Å². The number of aromatic nitrogens is 1. The number of aliphatic hydroxyl groups excluding tert-OH is 1. The molecule has 2 nitrogen and oxygen atoms in total. The van der Waals surface area contributed by atoms with Gasteiger partial charge in [0.05, 0.1) is 11.6 Å². The van der Waals surface area contributed by atoms with Crippen molar-refractivity contribution in [2.24, 2.45) is 5.92 Å². The number of aliphatic hydroxyl groups is 1. The number of fused-ring (bicyclic) bond motifs is 1. The fourth-order valence-electron chi connectivity index (χ4n) is 1.96. The molecular weight excluding hydrogens is 254 g/mol. The second-order valence-electron chi connectivity index (χ2n) is 5.35. The predicted molar refractivity (Wildman–Crippen MR) is 83.6 cm³/mol. The van der Waals surface area contributed by atoms with E-state index in [0.29, 0.717) is 5.92 Å². The highest BCUT2D eigenvalue weighted by atomic mass is 32.2. The molecule has 0 radical (unpaired) electrons. The number of hydrogen-bond donors (Lipinski definition) is 1. The van der Waals surface area contributed by atoms with E-state index in [4.69, 9.17) is 0 Å². The highest BCUT2D eigenvalue weighted by Gasteiger charge is 2.09. The number of aryl methyl sites for hydroxylation is 1. The van der Waals surface area contributed by atoms with Gasteiger partial charge in [-0.25, -0.2) is 0 Å². The first-order chi connectivity index (χ1) is 9.06. The van der Waals surface area contributed by atoms with Gasteiger partial charge >= 0.3 is 0 Å². The third-order valence-electron chi connectivity index (χ3n) is 2.96. The van der Waals surface area contributed by atoms with Crippen LogP contribution in [0.4, 0.5) is 0 Å². The van der Waals surface area contributed by atoms with Crippen LogP contribution < -0.4 is 0 Å². The molecule has 1 aromatic heterocycles. The standard InChI is InChI=1S/C16H21NOS/c1-11(2)9-19-10-16(18)14-6-7-15-13(8-14)5-4-12(3)17-15/h4-8,11,16,18H,9-10H2,1-3H3. The lowest BCUT2D eigenvalue weighted by Crippen LogP contribution is -2.03. The van der Waals surface area contributed by atoms with Crippen LogP contribution in [0.3, 0.4) is 0 Å². The van der Waals surface area contributed by atoms with E-state index in [1.54, 1.807) is 11.8 Å². The molecule has 19 heavy (non-hydrogen) atoms. The van der Waals surface area contributed by atoms with Crippen molar-refractivity contribution in [3.05, 3.63) is 41.6 Å². The zero-order valence-electron chi connectivity index (χ0n) is 11.8. The normalized spacial score (nSPS) is 13.1. The minimum atomic E-state index is -0.394. The minimum Gasteiger partial charge on any atom is -0.388 e. The first-order valence-corrected chi connectivity index (χ1v) is 7.85. The highest BCUT2D eigenvalue weighted by Crippen LogP contribution is 2.23.